The minimum atomic E-state index is -0.00287. The molecule has 0 aromatic heterocycles. The van der Waals surface area contributed by atoms with E-state index in [1.807, 2.05) is 0 Å². The van der Waals surface area contributed by atoms with Crippen LogP contribution in [0.1, 0.15) is 12.8 Å². The van der Waals surface area contributed by atoms with Crippen molar-refractivity contribution in [1.29, 1.82) is 0 Å². The third-order valence-electron chi connectivity index (χ3n) is 2.54. The Balaban J connectivity index is 1.88. The molecule has 2 aliphatic heterocycles. The summed E-state index contributed by atoms with van der Waals surface area (Å²) in [6, 6.07) is 0. The molecule has 0 bridgehead atoms. The predicted octanol–water partition coefficient (Wildman–Crippen LogP) is 0.586. The summed E-state index contributed by atoms with van der Waals surface area (Å²) in [5.74, 6) is 0.723. The molecule has 3 nitrogen and oxygen atoms in total. The third-order valence-corrected chi connectivity index (χ3v) is 2.54. The van der Waals surface area contributed by atoms with Crippen molar-refractivity contribution >= 4 is 5.97 Å². The summed E-state index contributed by atoms with van der Waals surface area (Å²) in [5.41, 5.74) is 0. The molecule has 0 aromatic carbocycles. The molecule has 0 N–H and O–H groups in total. The summed E-state index contributed by atoms with van der Waals surface area (Å²) >= 11 is 0. The van der Waals surface area contributed by atoms with Gasteiger partial charge in [-0.15, -0.1) is 0 Å². The molecule has 2 rings (SSSR count). The monoisotopic (exact) mass is 156 g/mol. The first-order chi connectivity index (χ1) is 5.38. The minimum absolute atomic E-state index is 0.00287. The fourth-order valence-electron chi connectivity index (χ4n) is 1.69. The average molecular weight is 156 g/mol. The van der Waals surface area contributed by atoms with Crippen LogP contribution in [0.4, 0.5) is 0 Å². The average Bonchev–Trinajstić information content (AvgIpc) is 2.04. The van der Waals surface area contributed by atoms with Gasteiger partial charge in [0.15, 0.2) is 0 Å². The number of cyclic esters (lactones) is 1. The van der Waals surface area contributed by atoms with Crippen LogP contribution in [0.25, 0.3) is 0 Å². The topological polar surface area (TPSA) is 35.5 Å². The molecule has 11 heavy (non-hydrogen) atoms. The lowest BCUT2D eigenvalue weighted by molar-refractivity contribution is -0.175. The first kappa shape index (κ1) is 7.10. The Bertz CT molecular complexity index is 161. The molecule has 0 spiro atoms. The second kappa shape index (κ2) is 2.81. The number of hydrogen-bond acceptors (Lipinski definition) is 3. The van der Waals surface area contributed by atoms with E-state index in [0.717, 1.165) is 26.1 Å². The highest BCUT2D eigenvalue weighted by atomic mass is 16.6. The predicted molar refractivity (Wildman–Crippen MR) is 38.0 cm³/mol. The maximum Gasteiger partial charge on any atom is 0.312 e. The number of ether oxygens (including phenoxy) is 2. The molecule has 2 fully saturated rings. The van der Waals surface area contributed by atoms with Crippen molar-refractivity contribution in [3.8, 4) is 0 Å². The Kier molecular flexibility index (Phi) is 1.82. The number of carbonyl (C=O) groups excluding carboxylic acids is 1. The quantitative estimate of drug-likeness (QED) is 0.521. The van der Waals surface area contributed by atoms with Gasteiger partial charge in [0.1, 0.15) is 6.61 Å². The highest BCUT2D eigenvalue weighted by Crippen LogP contribution is 2.29. The molecular formula is C8H12O3. The van der Waals surface area contributed by atoms with Crippen molar-refractivity contribution in [2.45, 2.75) is 12.8 Å². The van der Waals surface area contributed by atoms with E-state index in [1.165, 1.54) is 0 Å². The lowest BCUT2D eigenvalue weighted by Gasteiger charge is -2.33. The van der Waals surface area contributed by atoms with E-state index in [2.05, 4.69) is 0 Å². The van der Waals surface area contributed by atoms with Gasteiger partial charge < -0.3 is 9.47 Å². The Hall–Kier alpha value is -0.570. The number of hydrogen-bond donors (Lipinski definition) is 0. The van der Waals surface area contributed by atoms with Crippen LogP contribution in [0, 0.1) is 11.8 Å². The molecule has 0 radical (unpaired) electrons. The molecule has 1 atom stereocenters. The van der Waals surface area contributed by atoms with Gasteiger partial charge >= 0.3 is 5.97 Å². The van der Waals surface area contributed by atoms with E-state index >= 15 is 0 Å². The summed E-state index contributed by atoms with van der Waals surface area (Å²) in [7, 11) is 0. The van der Waals surface area contributed by atoms with Crippen LogP contribution < -0.4 is 0 Å². The summed E-state index contributed by atoms with van der Waals surface area (Å²) in [4.78, 5) is 10.9. The van der Waals surface area contributed by atoms with Gasteiger partial charge in [-0.05, 0) is 18.8 Å². The number of rotatable bonds is 1. The molecule has 0 amide bonds. The first-order valence-electron chi connectivity index (χ1n) is 4.12. The molecule has 0 aliphatic carbocycles. The van der Waals surface area contributed by atoms with Gasteiger partial charge in [0, 0.05) is 13.2 Å². The molecule has 2 saturated heterocycles. The number of carbonyl (C=O) groups is 1. The molecule has 2 aliphatic rings. The fraction of sp³-hybridized carbons (Fsp3) is 0.875. The normalized spacial score (nSPS) is 32.7. The Morgan fingerprint density at radius 1 is 1.27 bits per heavy atom. The number of esters is 1. The van der Waals surface area contributed by atoms with Gasteiger partial charge in [-0.1, -0.05) is 0 Å². The van der Waals surface area contributed by atoms with Crippen molar-refractivity contribution < 1.29 is 14.3 Å². The molecular weight excluding hydrogens is 144 g/mol. The summed E-state index contributed by atoms with van der Waals surface area (Å²) in [6.07, 6.45) is 2.06. The van der Waals surface area contributed by atoms with Gasteiger partial charge in [0.05, 0.1) is 5.92 Å². The Morgan fingerprint density at radius 3 is 2.45 bits per heavy atom. The smallest absolute Gasteiger partial charge is 0.312 e. The lowest BCUT2D eigenvalue weighted by atomic mass is 9.84. The van der Waals surface area contributed by atoms with E-state index in [-0.39, 0.29) is 11.9 Å². The third kappa shape index (κ3) is 1.25. The van der Waals surface area contributed by atoms with Crippen LogP contribution in [0.5, 0.6) is 0 Å². The zero-order valence-electron chi connectivity index (χ0n) is 6.41. The van der Waals surface area contributed by atoms with Crippen molar-refractivity contribution in [2.75, 3.05) is 19.8 Å². The van der Waals surface area contributed by atoms with Crippen LogP contribution in [-0.4, -0.2) is 25.8 Å². The van der Waals surface area contributed by atoms with Crippen molar-refractivity contribution in [1.82, 2.24) is 0 Å². The highest BCUT2D eigenvalue weighted by molar-refractivity contribution is 5.77. The van der Waals surface area contributed by atoms with Crippen molar-refractivity contribution in [3.05, 3.63) is 0 Å². The molecule has 3 heteroatoms. The summed E-state index contributed by atoms with van der Waals surface area (Å²) in [5, 5.41) is 0. The van der Waals surface area contributed by atoms with Crippen LogP contribution in [-0.2, 0) is 14.3 Å². The van der Waals surface area contributed by atoms with Crippen molar-refractivity contribution in [2.24, 2.45) is 11.8 Å². The maximum atomic E-state index is 10.9. The van der Waals surface area contributed by atoms with E-state index in [0.29, 0.717) is 12.5 Å². The lowest BCUT2D eigenvalue weighted by Crippen LogP contribution is -2.42. The van der Waals surface area contributed by atoms with Crippen LogP contribution in [0.15, 0.2) is 0 Å². The molecule has 1 unspecified atom stereocenters. The maximum absolute atomic E-state index is 10.9. The molecule has 2 heterocycles. The highest BCUT2D eigenvalue weighted by Gasteiger charge is 2.38. The molecule has 0 aromatic rings. The zero-order chi connectivity index (χ0) is 7.68. The second-order valence-corrected chi connectivity index (χ2v) is 3.19. The van der Waals surface area contributed by atoms with Gasteiger partial charge in [-0.25, -0.2) is 0 Å². The van der Waals surface area contributed by atoms with Crippen LogP contribution >= 0.6 is 0 Å². The van der Waals surface area contributed by atoms with Crippen LogP contribution in [0.3, 0.4) is 0 Å². The van der Waals surface area contributed by atoms with Crippen molar-refractivity contribution in [3.63, 3.8) is 0 Å². The first-order valence-corrected chi connectivity index (χ1v) is 4.12. The van der Waals surface area contributed by atoms with Crippen LogP contribution in [0.2, 0.25) is 0 Å². The molecule has 62 valence electrons. The minimum Gasteiger partial charge on any atom is -0.464 e. The van der Waals surface area contributed by atoms with Gasteiger partial charge in [-0.3, -0.25) is 4.79 Å². The van der Waals surface area contributed by atoms with E-state index < -0.39 is 0 Å². The molecule has 0 saturated carbocycles. The summed E-state index contributed by atoms with van der Waals surface area (Å²) < 4.78 is 9.92. The SMILES string of the molecule is O=C1OCC1C1CCOCC1. The standard InChI is InChI=1S/C8H12O3/c9-8-7(5-11-8)6-1-3-10-4-2-6/h6-7H,1-5H2. The fourth-order valence-corrected chi connectivity index (χ4v) is 1.69. The Morgan fingerprint density at radius 2 is 2.00 bits per heavy atom. The zero-order valence-corrected chi connectivity index (χ0v) is 6.41. The van der Waals surface area contributed by atoms with Gasteiger partial charge in [-0.2, -0.15) is 0 Å². The van der Waals surface area contributed by atoms with Gasteiger partial charge in [0.25, 0.3) is 0 Å². The van der Waals surface area contributed by atoms with Gasteiger partial charge in [0.2, 0.25) is 0 Å². The Labute approximate surface area is 65.7 Å². The van der Waals surface area contributed by atoms with E-state index in [9.17, 15) is 4.79 Å². The largest absolute Gasteiger partial charge is 0.464 e. The summed E-state index contributed by atoms with van der Waals surface area (Å²) in [6.45, 7) is 2.27. The van der Waals surface area contributed by atoms with E-state index in [4.69, 9.17) is 9.47 Å². The second-order valence-electron chi connectivity index (χ2n) is 3.19. The van der Waals surface area contributed by atoms with E-state index in [1.54, 1.807) is 0 Å².